The average molecular weight is 290 g/mol. The van der Waals surface area contributed by atoms with Crippen molar-refractivity contribution in [2.45, 2.75) is 37.6 Å². The second kappa shape index (κ2) is 6.26. The van der Waals surface area contributed by atoms with Crippen LogP contribution in [0.1, 0.15) is 31.7 Å². The van der Waals surface area contributed by atoms with Gasteiger partial charge in [-0.1, -0.05) is 37.3 Å². The maximum Gasteiger partial charge on any atom is 0.314 e. The molecule has 21 heavy (non-hydrogen) atoms. The molecule has 0 saturated carbocycles. The fourth-order valence-electron chi connectivity index (χ4n) is 2.90. The minimum atomic E-state index is -0.894. The lowest BCUT2D eigenvalue weighted by Gasteiger charge is -2.40. The molecule has 1 aromatic rings. The van der Waals surface area contributed by atoms with E-state index >= 15 is 0 Å². The largest absolute Gasteiger partial charge is 0.481 e. The number of aliphatic carboxylic acids is 1. The molecule has 5 nitrogen and oxygen atoms in total. The molecule has 0 radical (unpaired) electrons. The van der Waals surface area contributed by atoms with Gasteiger partial charge in [0.2, 0.25) is 5.91 Å². The van der Waals surface area contributed by atoms with Gasteiger partial charge in [-0.15, -0.1) is 0 Å². The molecule has 1 heterocycles. The van der Waals surface area contributed by atoms with Crippen molar-refractivity contribution in [2.24, 2.45) is 5.73 Å². The average Bonchev–Trinajstić information content (AvgIpc) is 2.54. The first-order valence-corrected chi connectivity index (χ1v) is 7.34. The smallest absolute Gasteiger partial charge is 0.314 e. The van der Waals surface area contributed by atoms with E-state index in [1.165, 1.54) is 0 Å². The first-order chi connectivity index (χ1) is 10.0. The molecule has 1 aromatic carbocycles. The van der Waals surface area contributed by atoms with E-state index in [0.717, 1.165) is 5.56 Å². The summed E-state index contributed by atoms with van der Waals surface area (Å²) >= 11 is 0. The second-order valence-corrected chi connectivity index (χ2v) is 5.59. The van der Waals surface area contributed by atoms with Crippen LogP contribution >= 0.6 is 0 Å². The molecule has 1 fully saturated rings. The lowest BCUT2D eigenvalue weighted by molar-refractivity contribution is -0.148. The van der Waals surface area contributed by atoms with Crippen molar-refractivity contribution in [3.8, 4) is 0 Å². The van der Waals surface area contributed by atoms with E-state index in [2.05, 4.69) is 0 Å². The number of carbonyl (C=O) groups is 2. The van der Waals surface area contributed by atoms with Gasteiger partial charge in [0.1, 0.15) is 0 Å². The Hall–Kier alpha value is -1.88. The number of carboxylic acids is 1. The van der Waals surface area contributed by atoms with Crippen molar-refractivity contribution < 1.29 is 14.7 Å². The number of amides is 1. The van der Waals surface area contributed by atoms with Crippen LogP contribution in [-0.2, 0) is 15.0 Å². The Morgan fingerprint density at radius 2 is 1.86 bits per heavy atom. The van der Waals surface area contributed by atoms with Crippen LogP contribution in [0.3, 0.4) is 0 Å². The Bertz CT molecular complexity index is 508. The first-order valence-electron chi connectivity index (χ1n) is 7.34. The highest BCUT2D eigenvalue weighted by molar-refractivity contribution is 5.84. The van der Waals surface area contributed by atoms with Gasteiger partial charge in [0.15, 0.2) is 0 Å². The first kappa shape index (κ1) is 15.5. The van der Waals surface area contributed by atoms with Gasteiger partial charge < -0.3 is 15.7 Å². The fourth-order valence-corrected chi connectivity index (χ4v) is 2.90. The van der Waals surface area contributed by atoms with Crippen molar-refractivity contribution in [1.29, 1.82) is 0 Å². The van der Waals surface area contributed by atoms with Crippen LogP contribution in [0.4, 0.5) is 0 Å². The Morgan fingerprint density at radius 3 is 2.33 bits per heavy atom. The predicted molar refractivity (Wildman–Crippen MR) is 79.8 cm³/mol. The Balaban J connectivity index is 2.16. The fraction of sp³-hybridized carbons (Fsp3) is 0.500. The van der Waals surface area contributed by atoms with Crippen molar-refractivity contribution in [3.63, 3.8) is 0 Å². The molecule has 0 aliphatic carbocycles. The predicted octanol–water partition coefficient (Wildman–Crippen LogP) is 1.37. The topological polar surface area (TPSA) is 83.6 Å². The van der Waals surface area contributed by atoms with E-state index in [4.69, 9.17) is 5.73 Å². The summed E-state index contributed by atoms with van der Waals surface area (Å²) in [6.45, 7) is 2.75. The number of carboxylic acid groups (broad SMARTS) is 1. The van der Waals surface area contributed by atoms with Gasteiger partial charge in [0, 0.05) is 13.1 Å². The summed E-state index contributed by atoms with van der Waals surface area (Å²) in [4.78, 5) is 25.6. The minimum Gasteiger partial charge on any atom is -0.481 e. The van der Waals surface area contributed by atoms with Crippen molar-refractivity contribution in [2.75, 3.05) is 13.1 Å². The molecule has 1 aliphatic rings. The third kappa shape index (κ3) is 2.93. The molecule has 114 valence electrons. The standard InChI is InChI=1S/C16H22N2O3/c1-2-13(17)14(19)18-10-8-16(9-11-18,15(20)21)12-6-4-3-5-7-12/h3-7,13H,2,8-11,17H2,1H3,(H,20,21). The van der Waals surface area contributed by atoms with Crippen molar-refractivity contribution in [3.05, 3.63) is 35.9 Å². The van der Waals surface area contributed by atoms with Crippen molar-refractivity contribution >= 4 is 11.9 Å². The van der Waals surface area contributed by atoms with Crippen LogP contribution in [0.2, 0.25) is 0 Å². The van der Waals surface area contributed by atoms with Gasteiger partial charge in [0.05, 0.1) is 11.5 Å². The number of benzene rings is 1. The number of likely N-dealkylation sites (tertiary alicyclic amines) is 1. The summed E-state index contributed by atoms with van der Waals surface area (Å²) < 4.78 is 0. The third-order valence-electron chi connectivity index (χ3n) is 4.42. The van der Waals surface area contributed by atoms with E-state index in [9.17, 15) is 14.7 Å². The summed E-state index contributed by atoms with van der Waals surface area (Å²) in [5, 5.41) is 9.69. The summed E-state index contributed by atoms with van der Waals surface area (Å²) in [6, 6.07) is 8.79. The molecule has 0 bridgehead atoms. The van der Waals surface area contributed by atoms with Gasteiger partial charge in [-0.3, -0.25) is 9.59 Å². The molecular formula is C16H22N2O3. The third-order valence-corrected chi connectivity index (χ3v) is 4.42. The Labute approximate surface area is 124 Å². The molecule has 1 unspecified atom stereocenters. The zero-order chi connectivity index (χ0) is 15.5. The highest BCUT2D eigenvalue weighted by Gasteiger charge is 2.44. The van der Waals surface area contributed by atoms with E-state index in [1.54, 1.807) is 4.90 Å². The summed E-state index contributed by atoms with van der Waals surface area (Å²) in [5.41, 5.74) is 5.69. The maximum absolute atomic E-state index is 12.1. The molecule has 1 amide bonds. The number of rotatable bonds is 4. The zero-order valence-electron chi connectivity index (χ0n) is 12.3. The monoisotopic (exact) mass is 290 g/mol. The number of carbonyl (C=O) groups excluding carboxylic acids is 1. The number of hydrogen-bond acceptors (Lipinski definition) is 3. The number of nitrogens with zero attached hydrogens (tertiary/aromatic N) is 1. The summed E-state index contributed by atoms with van der Waals surface area (Å²) in [5.74, 6) is -0.898. The molecule has 1 aliphatic heterocycles. The van der Waals surface area contributed by atoms with Gasteiger partial charge in [0.25, 0.3) is 0 Å². The van der Waals surface area contributed by atoms with Gasteiger partial charge in [-0.25, -0.2) is 0 Å². The van der Waals surface area contributed by atoms with Crippen LogP contribution < -0.4 is 5.73 Å². The highest BCUT2D eigenvalue weighted by atomic mass is 16.4. The molecule has 5 heteroatoms. The van der Waals surface area contributed by atoms with Crippen LogP contribution in [0, 0.1) is 0 Å². The molecule has 3 N–H and O–H groups in total. The quantitative estimate of drug-likeness (QED) is 0.877. The van der Waals surface area contributed by atoms with E-state index in [0.29, 0.717) is 32.4 Å². The molecular weight excluding hydrogens is 268 g/mol. The van der Waals surface area contributed by atoms with Gasteiger partial charge in [-0.2, -0.15) is 0 Å². The van der Waals surface area contributed by atoms with Crippen LogP contribution in [0.5, 0.6) is 0 Å². The molecule has 0 spiro atoms. The lowest BCUT2D eigenvalue weighted by atomic mass is 9.72. The second-order valence-electron chi connectivity index (χ2n) is 5.59. The van der Waals surface area contributed by atoms with Crippen molar-refractivity contribution in [1.82, 2.24) is 4.90 Å². The van der Waals surface area contributed by atoms with E-state index < -0.39 is 17.4 Å². The van der Waals surface area contributed by atoms with Gasteiger partial charge in [-0.05, 0) is 24.8 Å². The Morgan fingerprint density at radius 1 is 1.29 bits per heavy atom. The molecule has 1 atom stereocenters. The number of hydrogen-bond donors (Lipinski definition) is 2. The molecule has 1 saturated heterocycles. The van der Waals surface area contributed by atoms with Gasteiger partial charge >= 0.3 is 5.97 Å². The normalized spacial score (nSPS) is 19.0. The molecule has 2 rings (SSSR count). The minimum absolute atomic E-state index is 0.0791. The Kier molecular flexibility index (Phi) is 4.63. The lowest BCUT2D eigenvalue weighted by Crippen LogP contribution is -2.52. The zero-order valence-corrected chi connectivity index (χ0v) is 12.3. The summed E-state index contributed by atoms with van der Waals surface area (Å²) in [6.07, 6.45) is 1.45. The van der Waals surface area contributed by atoms with E-state index in [1.807, 2.05) is 37.3 Å². The summed E-state index contributed by atoms with van der Waals surface area (Å²) in [7, 11) is 0. The SMILES string of the molecule is CCC(N)C(=O)N1CCC(C(=O)O)(c2ccccc2)CC1. The van der Waals surface area contributed by atoms with Crippen LogP contribution in [0.25, 0.3) is 0 Å². The van der Waals surface area contributed by atoms with Crippen LogP contribution in [-0.4, -0.2) is 41.0 Å². The van der Waals surface area contributed by atoms with Crippen LogP contribution in [0.15, 0.2) is 30.3 Å². The highest BCUT2D eigenvalue weighted by Crippen LogP contribution is 2.36. The molecule has 0 aromatic heterocycles. The van der Waals surface area contributed by atoms with E-state index in [-0.39, 0.29) is 5.91 Å². The number of nitrogens with two attached hydrogens (primary N) is 1. The maximum atomic E-state index is 12.1. The number of piperidine rings is 1.